The number of nitrogens with zero attached hydrogens (tertiary/aromatic N) is 3. The molecular formula is C18H26N4O. The number of amides is 1. The minimum Gasteiger partial charge on any atom is -0.337 e. The summed E-state index contributed by atoms with van der Waals surface area (Å²) in [6.45, 7) is 7.22. The van der Waals surface area contributed by atoms with Gasteiger partial charge in [0.15, 0.2) is 0 Å². The van der Waals surface area contributed by atoms with E-state index in [1.54, 1.807) is 6.20 Å². The Labute approximate surface area is 137 Å². The lowest BCUT2D eigenvalue weighted by Crippen LogP contribution is -2.54. The summed E-state index contributed by atoms with van der Waals surface area (Å²) in [7, 11) is 2.14. The summed E-state index contributed by atoms with van der Waals surface area (Å²) in [5.74, 6) is 0.843. The highest BCUT2D eigenvalue weighted by atomic mass is 16.2. The molecule has 1 aromatic carbocycles. The Balaban J connectivity index is 1.72. The van der Waals surface area contributed by atoms with E-state index in [0.29, 0.717) is 18.4 Å². The zero-order valence-corrected chi connectivity index (χ0v) is 14.2. The Hall–Kier alpha value is -1.88. The number of nitrogens with one attached hydrogen (secondary N) is 1. The van der Waals surface area contributed by atoms with E-state index < -0.39 is 0 Å². The van der Waals surface area contributed by atoms with E-state index in [9.17, 15) is 4.79 Å². The molecule has 0 aliphatic carbocycles. The highest BCUT2D eigenvalue weighted by molar-refractivity contribution is 5.83. The monoisotopic (exact) mass is 314 g/mol. The summed E-state index contributed by atoms with van der Waals surface area (Å²) >= 11 is 0. The van der Waals surface area contributed by atoms with Gasteiger partial charge in [0.1, 0.15) is 0 Å². The minimum absolute atomic E-state index is 0.242. The molecule has 0 radical (unpaired) electrons. The third kappa shape index (κ3) is 3.72. The van der Waals surface area contributed by atoms with Crippen LogP contribution in [0.5, 0.6) is 0 Å². The summed E-state index contributed by atoms with van der Waals surface area (Å²) in [6, 6.07) is 6.41. The molecule has 5 nitrogen and oxygen atoms in total. The van der Waals surface area contributed by atoms with Crippen molar-refractivity contribution in [3.63, 3.8) is 0 Å². The second-order valence-electron chi connectivity index (χ2n) is 7.10. The number of carbonyl (C=O) groups is 1. The molecule has 1 N–H and O–H groups in total. The molecule has 1 unspecified atom stereocenters. The number of aromatic nitrogens is 2. The van der Waals surface area contributed by atoms with Crippen molar-refractivity contribution in [3.05, 3.63) is 30.0 Å². The van der Waals surface area contributed by atoms with Crippen molar-refractivity contribution >= 4 is 16.8 Å². The highest BCUT2D eigenvalue weighted by Gasteiger charge is 2.29. The van der Waals surface area contributed by atoms with Crippen molar-refractivity contribution in [1.29, 1.82) is 0 Å². The van der Waals surface area contributed by atoms with Gasteiger partial charge in [0.2, 0.25) is 5.91 Å². The van der Waals surface area contributed by atoms with E-state index in [-0.39, 0.29) is 5.91 Å². The normalized spacial score (nSPS) is 19.7. The first-order valence-corrected chi connectivity index (χ1v) is 8.43. The number of hydrogen-bond donors (Lipinski definition) is 1. The van der Waals surface area contributed by atoms with E-state index >= 15 is 0 Å². The molecule has 2 heterocycles. The van der Waals surface area contributed by atoms with Gasteiger partial charge in [-0.2, -0.15) is 5.10 Å². The smallest absolute Gasteiger partial charge is 0.227 e. The van der Waals surface area contributed by atoms with E-state index in [1.807, 2.05) is 12.1 Å². The van der Waals surface area contributed by atoms with E-state index in [0.717, 1.165) is 42.5 Å². The Bertz CT molecular complexity index is 676. The van der Waals surface area contributed by atoms with Crippen molar-refractivity contribution in [3.8, 4) is 0 Å². The van der Waals surface area contributed by atoms with Crippen LogP contribution in [0.4, 0.5) is 0 Å². The fourth-order valence-electron chi connectivity index (χ4n) is 3.46. The largest absolute Gasteiger partial charge is 0.337 e. The lowest BCUT2D eigenvalue weighted by Gasteiger charge is -2.41. The lowest BCUT2D eigenvalue weighted by atomic mass is 9.99. The average Bonchev–Trinajstić information content (AvgIpc) is 2.94. The summed E-state index contributed by atoms with van der Waals surface area (Å²) in [5, 5.41) is 8.05. The maximum Gasteiger partial charge on any atom is 0.227 e. The summed E-state index contributed by atoms with van der Waals surface area (Å²) in [6.07, 6.45) is 3.34. The Kier molecular flexibility index (Phi) is 4.66. The van der Waals surface area contributed by atoms with Crippen molar-refractivity contribution in [1.82, 2.24) is 20.0 Å². The van der Waals surface area contributed by atoms with Crippen LogP contribution in [0.3, 0.4) is 0 Å². The van der Waals surface area contributed by atoms with Gasteiger partial charge in [0, 0.05) is 31.1 Å². The number of rotatable bonds is 4. The van der Waals surface area contributed by atoms with E-state index in [1.165, 1.54) is 0 Å². The zero-order valence-electron chi connectivity index (χ0n) is 14.2. The first kappa shape index (κ1) is 16.0. The molecule has 23 heavy (non-hydrogen) atoms. The molecule has 0 bridgehead atoms. The molecule has 1 aromatic heterocycles. The standard InChI is InChI=1S/C18H26N4O/c1-13(2)8-16-12-21(3)6-7-22(16)18(23)10-14-4-5-17-15(9-14)11-19-20-17/h4-5,9,11,13,16H,6-8,10,12H2,1-3H3,(H,19,20). The fraction of sp³-hybridized carbons (Fsp3) is 0.556. The first-order valence-electron chi connectivity index (χ1n) is 8.43. The third-order valence-corrected chi connectivity index (χ3v) is 4.61. The van der Waals surface area contributed by atoms with Crippen molar-refractivity contribution < 1.29 is 4.79 Å². The topological polar surface area (TPSA) is 52.2 Å². The van der Waals surface area contributed by atoms with Crippen molar-refractivity contribution in [2.24, 2.45) is 5.92 Å². The number of fused-ring (bicyclic) bond motifs is 1. The summed E-state index contributed by atoms with van der Waals surface area (Å²) in [4.78, 5) is 17.2. The van der Waals surface area contributed by atoms with Crippen LogP contribution in [-0.2, 0) is 11.2 Å². The fourth-order valence-corrected chi connectivity index (χ4v) is 3.46. The van der Waals surface area contributed by atoms with Crippen molar-refractivity contribution in [2.45, 2.75) is 32.7 Å². The number of likely N-dealkylation sites (N-methyl/N-ethyl adjacent to an activating group) is 1. The van der Waals surface area contributed by atoms with Crippen LogP contribution >= 0.6 is 0 Å². The highest BCUT2D eigenvalue weighted by Crippen LogP contribution is 2.19. The maximum absolute atomic E-state index is 12.8. The van der Waals surface area contributed by atoms with Crippen LogP contribution in [0.25, 0.3) is 10.9 Å². The number of hydrogen-bond acceptors (Lipinski definition) is 3. The molecule has 124 valence electrons. The second kappa shape index (κ2) is 6.71. The van der Waals surface area contributed by atoms with E-state index in [2.05, 4.69) is 47.0 Å². The van der Waals surface area contributed by atoms with Crippen LogP contribution < -0.4 is 0 Å². The van der Waals surface area contributed by atoms with Crippen LogP contribution in [0.15, 0.2) is 24.4 Å². The molecule has 1 saturated heterocycles. The number of benzene rings is 1. The summed E-state index contributed by atoms with van der Waals surface area (Å²) in [5.41, 5.74) is 2.07. The second-order valence-corrected chi connectivity index (χ2v) is 7.10. The molecular weight excluding hydrogens is 288 g/mol. The number of aromatic amines is 1. The Morgan fingerprint density at radius 2 is 2.22 bits per heavy atom. The number of H-pyrrole nitrogens is 1. The first-order chi connectivity index (χ1) is 11.0. The van der Waals surface area contributed by atoms with Crippen molar-refractivity contribution in [2.75, 3.05) is 26.7 Å². The predicted octanol–water partition coefficient (Wildman–Crippen LogP) is 2.29. The molecule has 1 aliphatic rings. The number of carbonyl (C=O) groups excluding carboxylic acids is 1. The molecule has 2 aromatic rings. The van der Waals surface area contributed by atoms with Gasteiger partial charge >= 0.3 is 0 Å². The molecule has 1 amide bonds. The van der Waals surface area contributed by atoms with Crippen LogP contribution in [0, 0.1) is 5.92 Å². The van der Waals surface area contributed by atoms with Crippen LogP contribution in [-0.4, -0.2) is 58.6 Å². The van der Waals surface area contributed by atoms with E-state index in [4.69, 9.17) is 0 Å². The summed E-state index contributed by atoms with van der Waals surface area (Å²) < 4.78 is 0. The van der Waals surface area contributed by atoms with Gasteiger partial charge in [-0.25, -0.2) is 0 Å². The SMILES string of the molecule is CC(C)CC1CN(C)CCN1C(=O)Cc1ccc2[nH]ncc2c1. The van der Waals surface area contributed by atoms with Gasteiger partial charge < -0.3 is 9.80 Å². The van der Waals surface area contributed by atoms with Gasteiger partial charge in [-0.15, -0.1) is 0 Å². The Morgan fingerprint density at radius 3 is 3.00 bits per heavy atom. The lowest BCUT2D eigenvalue weighted by molar-refractivity contribution is -0.135. The third-order valence-electron chi connectivity index (χ3n) is 4.61. The van der Waals surface area contributed by atoms with Crippen LogP contribution in [0.2, 0.25) is 0 Å². The average molecular weight is 314 g/mol. The molecule has 1 atom stereocenters. The molecule has 1 fully saturated rings. The molecule has 3 rings (SSSR count). The zero-order chi connectivity index (χ0) is 16.4. The minimum atomic E-state index is 0.242. The van der Waals surface area contributed by atoms with Gasteiger partial charge in [-0.1, -0.05) is 19.9 Å². The predicted molar refractivity (Wildman–Crippen MR) is 92.3 cm³/mol. The van der Waals surface area contributed by atoms with Gasteiger partial charge in [0.05, 0.1) is 18.1 Å². The van der Waals surface area contributed by atoms with Gasteiger partial charge in [-0.3, -0.25) is 9.89 Å². The number of piperazine rings is 1. The van der Waals surface area contributed by atoms with Gasteiger partial charge in [-0.05, 0) is 37.1 Å². The molecule has 0 spiro atoms. The van der Waals surface area contributed by atoms with Gasteiger partial charge in [0.25, 0.3) is 0 Å². The quantitative estimate of drug-likeness (QED) is 0.942. The van der Waals surface area contributed by atoms with Crippen LogP contribution in [0.1, 0.15) is 25.8 Å². The Morgan fingerprint density at radius 1 is 1.39 bits per heavy atom. The maximum atomic E-state index is 12.8. The molecule has 5 heteroatoms. The molecule has 1 aliphatic heterocycles. The molecule has 0 saturated carbocycles.